The van der Waals surface area contributed by atoms with Gasteiger partial charge in [-0.2, -0.15) is 0 Å². The van der Waals surface area contributed by atoms with Gasteiger partial charge in [0.1, 0.15) is 6.61 Å². The Morgan fingerprint density at radius 1 is 1.44 bits per heavy atom. The summed E-state index contributed by atoms with van der Waals surface area (Å²) < 4.78 is 12.1. The van der Waals surface area contributed by atoms with Crippen LogP contribution in [0.25, 0.3) is 0 Å². The maximum Gasteiger partial charge on any atom is 0.237 e. The largest absolute Gasteiger partial charge is 0.475 e. The number of pyridine rings is 1. The number of carbonyl (C=O) groups is 1. The minimum absolute atomic E-state index is 0.134. The number of methoxy groups -OCH3 is 1. The van der Waals surface area contributed by atoms with E-state index in [2.05, 4.69) is 25.8 Å². The first kappa shape index (κ1) is 17.6. The van der Waals surface area contributed by atoms with E-state index < -0.39 is 0 Å². The van der Waals surface area contributed by atoms with Crippen molar-refractivity contribution in [3.05, 3.63) is 18.3 Å². The fourth-order valence-corrected chi connectivity index (χ4v) is 2.90. The molecule has 1 aliphatic rings. The molecule has 9 nitrogen and oxygen atoms in total. The molecule has 0 saturated heterocycles. The first-order valence-electron chi connectivity index (χ1n) is 8.00. The highest BCUT2D eigenvalue weighted by Gasteiger charge is 2.29. The Balaban J connectivity index is 1.51. The molecule has 1 saturated carbocycles. The molecule has 2 aromatic rings. The van der Waals surface area contributed by atoms with Gasteiger partial charge in [-0.15, -0.1) is 5.10 Å². The van der Waals surface area contributed by atoms with E-state index in [9.17, 15) is 4.79 Å². The molecule has 1 fully saturated rings. The third-order valence-corrected chi connectivity index (χ3v) is 4.60. The number of hydrogen-bond donors (Lipinski definition) is 1. The standard InChI is InChI=1S/C15H20N6O3S/c1-10(25-15-18-19-20-21(15)12-4-5-12)14(22)17-11-3-6-13(16-9-11)24-8-7-23-2/h3,6,9-10,12H,4-5,7-8H2,1-2H3,(H,17,22). The molecule has 1 aliphatic carbocycles. The van der Waals surface area contributed by atoms with Crippen molar-refractivity contribution in [2.24, 2.45) is 0 Å². The predicted molar refractivity (Wildman–Crippen MR) is 91.6 cm³/mol. The summed E-state index contributed by atoms with van der Waals surface area (Å²) in [5, 5.41) is 14.9. The number of amides is 1. The Morgan fingerprint density at radius 2 is 2.28 bits per heavy atom. The molecule has 1 unspecified atom stereocenters. The summed E-state index contributed by atoms with van der Waals surface area (Å²) in [7, 11) is 1.61. The summed E-state index contributed by atoms with van der Waals surface area (Å²) in [6.45, 7) is 2.75. The Hall–Kier alpha value is -2.20. The van der Waals surface area contributed by atoms with Crippen LogP contribution < -0.4 is 10.1 Å². The van der Waals surface area contributed by atoms with Crippen LogP contribution in [0.1, 0.15) is 25.8 Å². The van der Waals surface area contributed by atoms with Crippen LogP contribution in [-0.4, -0.2) is 56.7 Å². The van der Waals surface area contributed by atoms with Crippen molar-refractivity contribution in [3.8, 4) is 5.88 Å². The third-order valence-electron chi connectivity index (χ3n) is 3.55. The van der Waals surface area contributed by atoms with Crippen LogP contribution in [0.3, 0.4) is 0 Å². The van der Waals surface area contributed by atoms with Crippen LogP contribution in [0.2, 0.25) is 0 Å². The number of aromatic nitrogens is 5. The highest BCUT2D eigenvalue weighted by Crippen LogP contribution is 2.37. The minimum atomic E-state index is -0.332. The quantitative estimate of drug-likeness (QED) is 0.528. The van der Waals surface area contributed by atoms with Crippen LogP contribution in [0.5, 0.6) is 5.88 Å². The second-order valence-corrected chi connectivity index (χ2v) is 6.92. The number of nitrogens with zero attached hydrogens (tertiary/aromatic N) is 5. The van der Waals surface area contributed by atoms with Gasteiger partial charge in [-0.25, -0.2) is 9.67 Å². The van der Waals surface area contributed by atoms with E-state index in [1.807, 2.05) is 6.92 Å². The number of rotatable bonds is 9. The molecule has 0 radical (unpaired) electrons. The van der Waals surface area contributed by atoms with Crippen molar-refractivity contribution in [3.63, 3.8) is 0 Å². The van der Waals surface area contributed by atoms with E-state index in [4.69, 9.17) is 9.47 Å². The summed E-state index contributed by atoms with van der Waals surface area (Å²) in [5.41, 5.74) is 0.610. The molecule has 0 spiro atoms. The second-order valence-electron chi connectivity index (χ2n) is 5.61. The molecular weight excluding hydrogens is 344 g/mol. The molecule has 2 aromatic heterocycles. The van der Waals surface area contributed by atoms with Crippen LogP contribution in [0.15, 0.2) is 23.5 Å². The monoisotopic (exact) mass is 364 g/mol. The van der Waals surface area contributed by atoms with E-state index in [-0.39, 0.29) is 11.2 Å². The van der Waals surface area contributed by atoms with Crippen LogP contribution >= 0.6 is 11.8 Å². The van der Waals surface area contributed by atoms with Crippen molar-refractivity contribution in [1.29, 1.82) is 0 Å². The lowest BCUT2D eigenvalue weighted by atomic mass is 10.3. The number of nitrogens with one attached hydrogen (secondary N) is 1. The topological polar surface area (TPSA) is 104 Å². The van der Waals surface area contributed by atoms with Crippen LogP contribution in [0, 0.1) is 0 Å². The fourth-order valence-electron chi connectivity index (χ4n) is 2.04. The molecule has 25 heavy (non-hydrogen) atoms. The molecule has 1 amide bonds. The van der Waals surface area contributed by atoms with Crippen molar-refractivity contribution >= 4 is 23.4 Å². The van der Waals surface area contributed by atoms with Crippen molar-refractivity contribution in [2.45, 2.75) is 36.2 Å². The third kappa shape index (κ3) is 4.89. The predicted octanol–water partition coefficient (Wildman–Crippen LogP) is 1.55. The lowest BCUT2D eigenvalue weighted by Gasteiger charge is -2.11. The van der Waals surface area contributed by atoms with E-state index in [0.717, 1.165) is 12.8 Å². The van der Waals surface area contributed by atoms with E-state index >= 15 is 0 Å². The van der Waals surface area contributed by atoms with Crippen molar-refractivity contribution < 1.29 is 14.3 Å². The smallest absolute Gasteiger partial charge is 0.237 e. The first-order chi connectivity index (χ1) is 12.2. The molecule has 10 heteroatoms. The Morgan fingerprint density at radius 3 is 2.96 bits per heavy atom. The zero-order valence-electron chi connectivity index (χ0n) is 14.1. The lowest BCUT2D eigenvalue weighted by Crippen LogP contribution is -2.23. The Bertz CT molecular complexity index is 704. The highest BCUT2D eigenvalue weighted by molar-refractivity contribution is 8.00. The number of ether oxygens (including phenoxy) is 2. The van der Waals surface area contributed by atoms with Crippen LogP contribution in [-0.2, 0) is 9.53 Å². The van der Waals surface area contributed by atoms with Gasteiger partial charge >= 0.3 is 0 Å². The van der Waals surface area contributed by atoms with E-state index in [1.165, 1.54) is 11.8 Å². The number of anilines is 1. The summed E-state index contributed by atoms with van der Waals surface area (Å²) in [5.74, 6) is 0.353. The van der Waals surface area contributed by atoms with E-state index in [1.54, 1.807) is 30.1 Å². The highest BCUT2D eigenvalue weighted by atomic mass is 32.2. The number of hydrogen-bond acceptors (Lipinski definition) is 8. The van der Waals surface area contributed by atoms with Crippen molar-refractivity contribution in [2.75, 3.05) is 25.6 Å². The number of carbonyl (C=O) groups excluding carboxylic acids is 1. The summed E-state index contributed by atoms with van der Waals surface area (Å²) in [4.78, 5) is 16.5. The average Bonchev–Trinajstić information content (AvgIpc) is 3.36. The number of thioether (sulfide) groups is 1. The lowest BCUT2D eigenvalue weighted by molar-refractivity contribution is -0.115. The van der Waals surface area contributed by atoms with Gasteiger partial charge in [0.05, 0.1) is 29.8 Å². The average molecular weight is 364 g/mol. The van der Waals surface area contributed by atoms with Gasteiger partial charge in [0, 0.05) is 13.2 Å². The molecular formula is C15H20N6O3S. The second kappa shape index (κ2) is 8.26. The van der Waals surface area contributed by atoms with Gasteiger partial charge in [-0.05, 0) is 36.3 Å². The van der Waals surface area contributed by atoms with Gasteiger partial charge < -0.3 is 14.8 Å². The van der Waals surface area contributed by atoms with Gasteiger partial charge in [0.2, 0.25) is 16.9 Å². The summed E-state index contributed by atoms with van der Waals surface area (Å²) in [6.07, 6.45) is 3.74. The molecule has 0 bridgehead atoms. The van der Waals surface area contributed by atoms with Crippen molar-refractivity contribution in [1.82, 2.24) is 25.2 Å². The number of tetrazole rings is 1. The molecule has 1 atom stereocenters. The molecule has 134 valence electrons. The normalized spacial score (nSPS) is 15.0. The van der Waals surface area contributed by atoms with E-state index in [0.29, 0.717) is 36.0 Å². The Labute approximate surface area is 149 Å². The molecule has 0 aliphatic heterocycles. The zero-order valence-corrected chi connectivity index (χ0v) is 14.9. The minimum Gasteiger partial charge on any atom is -0.475 e. The molecule has 0 aromatic carbocycles. The zero-order chi connectivity index (χ0) is 17.6. The molecule has 3 rings (SSSR count). The Kier molecular flexibility index (Phi) is 5.82. The maximum absolute atomic E-state index is 12.3. The first-order valence-corrected chi connectivity index (χ1v) is 8.88. The molecule has 2 heterocycles. The van der Waals surface area contributed by atoms with Crippen LogP contribution in [0.4, 0.5) is 5.69 Å². The molecule has 1 N–H and O–H groups in total. The summed E-state index contributed by atoms with van der Waals surface area (Å²) >= 11 is 1.35. The SMILES string of the molecule is COCCOc1ccc(NC(=O)C(C)Sc2nnnn2C2CC2)cn1. The summed E-state index contributed by atoms with van der Waals surface area (Å²) in [6, 6.07) is 3.83. The van der Waals surface area contributed by atoms with Gasteiger partial charge in [0.15, 0.2) is 0 Å². The fraction of sp³-hybridized carbons (Fsp3) is 0.533. The maximum atomic E-state index is 12.3. The van der Waals surface area contributed by atoms with Gasteiger partial charge in [-0.3, -0.25) is 4.79 Å². The van der Waals surface area contributed by atoms with Gasteiger partial charge in [0.25, 0.3) is 0 Å². The van der Waals surface area contributed by atoms with Gasteiger partial charge in [-0.1, -0.05) is 11.8 Å².